The van der Waals surface area contributed by atoms with Crippen LogP contribution < -0.4 is 5.32 Å². The number of thioether (sulfide) groups is 1. The molecule has 0 saturated heterocycles. The van der Waals surface area contributed by atoms with E-state index in [9.17, 15) is 0 Å². The number of hydrogen-bond donors (Lipinski definition) is 1. The summed E-state index contributed by atoms with van der Waals surface area (Å²) in [4.78, 5) is 0. The maximum atomic E-state index is 3.41. The molecule has 1 aromatic carbocycles. The van der Waals surface area contributed by atoms with Crippen LogP contribution in [-0.2, 0) is 13.1 Å². The second-order valence-electron chi connectivity index (χ2n) is 4.12. The van der Waals surface area contributed by atoms with Crippen molar-refractivity contribution in [1.29, 1.82) is 0 Å². The van der Waals surface area contributed by atoms with Crippen LogP contribution in [-0.4, -0.2) is 23.1 Å². The average molecular weight is 248 g/mol. The van der Waals surface area contributed by atoms with Gasteiger partial charge in [-0.2, -0.15) is 11.8 Å². The zero-order chi connectivity index (χ0) is 12.1. The molecule has 0 unspecified atom stereocenters. The molecule has 0 amide bonds. The Kier molecular flexibility index (Phi) is 4.51. The molecule has 2 rings (SSSR count). The second kappa shape index (κ2) is 6.12. The third-order valence-electron chi connectivity index (χ3n) is 2.97. The summed E-state index contributed by atoms with van der Waals surface area (Å²) in [7, 11) is 0. The number of aryl methyl sites for hydroxylation is 1. The molecule has 1 heterocycles. The van der Waals surface area contributed by atoms with Gasteiger partial charge in [-0.05, 0) is 30.3 Å². The summed E-state index contributed by atoms with van der Waals surface area (Å²) in [6.07, 6.45) is 2.16. The molecular weight excluding hydrogens is 228 g/mol. The average Bonchev–Trinajstić information content (AvgIpc) is 2.71. The number of aromatic nitrogens is 1. The van der Waals surface area contributed by atoms with Crippen LogP contribution >= 0.6 is 11.8 Å². The molecule has 17 heavy (non-hydrogen) atoms. The summed E-state index contributed by atoms with van der Waals surface area (Å²) in [6.45, 7) is 5.22. The molecule has 2 nitrogen and oxygen atoms in total. The third kappa shape index (κ3) is 2.85. The monoisotopic (exact) mass is 248 g/mol. The van der Waals surface area contributed by atoms with Gasteiger partial charge in [0, 0.05) is 30.1 Å². The van der Waals surface area contributed by atoms with Crippen LogP contribution in [0.2, 0.25) is 0 Å². The van der Waals surface area contributed by atoms with Gasteiger partial charge in [-0.25, -0.2) is 0 Å². The van der Waals surface area contributed by atoms with Gasteiger partial charge in [0.2, 0.25) is 0 Å². The van der Waals surface area contributed by atoms with Gasteiger partial charge in [0.05, 0.1) is 0 Å². The van der Waals surface area contributed by atoms with E-state index < -0.39 is 0 Å². The number of hydrogen-bond acceptors (Lipinski definition) is 2. The summed E-state index contributed by atoms with van der Waals surface area (Å²) in [5, 5.41) is 4.76. The van der Waals surface area contributed by atoms with Gasteiger partial charge in [-0.1, -0.05) is 25.1 Å². The SMILES string of the molecule is CCNCc1cc2ccccc2n1CCSC. The molecule has 1 aromatic heterocycles. The molecule has 0 aliphatic carbocycles. The van der Waals surface area contributed by atoms with E-state index in [2.05, 4.69) is 53.4 Å². The summed E-state index contributed by atoms with van der Waals surface area (Å²) in [5.74, 6) is 1.16. The number of nitrogens with zero attached hydrogens (tertiary/aromatic N) is 1. The lowest BCUT2D eigenvalue weighted by Crippen LogP contribution is -2.16. The summed E-state index contributed by atoms with van der Waals surface area (Å²) in [6, 6.07) is 10.9. The van der Waals surface area contributed by atoms with Crippen LogP contribution in [0.5, 0.6) is 0 Å². The molecule has 0 aliphatic rings. The first-order valence-electron chi connectivity index (χ1n) is 6.13. The van der Waals surface area contributed by atoms with Gasteiger partial charge in [0.25, 0.3) is 0 Å². The zero-order valence-electron chi connectivity index (χ0n) is 10.6. The zero-order valence-corrected chi connectivity index (χ0v) is 11.4. The Labute approximate surface area is 107 Å². The van der Waals surface area contributed by atoms with Crippen molar-refractivity contribution >= 4 is 22.7 Å². The minimum Gasteiger partial charge on any atom is -0.342 e. The van der Waals surface area contributed by atoms with E-state index in [-0.39, 0.29) is 0 Å². The molecule has 3 heteroatoms. The van der Waals surface area contributed by atoms with E-state index >= 15 is 0 Å². The van der Waals surface area contributed by atoms with Crippen molar-refractivity contribution in [2.24, 2.45) is 0 Å². The Morgan fingerprint density at radius 3 is 2.88 bits per heavy atom. The fourth-order valence-electron chi connectivity index (χ4n) is 2.11. The molecule has 0 saturated carbocycles. The fourth-order valence-corrected chi connectivity index (χ4v) is 2.48. The van der Waals surface area contributed by atoms with Crippen LogP contribution in [0.25, 0.3) is 10.9 Å². The fraction of sp³-hybridized carbons (Fsp3) is 0.429. The van der Waals surface area contributed by atoms with Crippen molar-refractivity contribution < 1.29 is 0 Å². The van der Waals surface area contributed by atoms with Crippen molar-refractivity contribution in [2.75, 3.05) is 18.6 Å². The highest BCUT2D eigenvalue weighted by atomic mass is 32.2. The number of benzene rings is 1. The molecule has 1 N–H and O–H groups in total. The van der Waals surface area contributed by atoms with Crippen LogP contribution in [0.15, 0.2) is 30.3 Å². The van der Waals surface area contributed by atoms with E-state index in [1.54, 1.807) is 0 Å². The normalized spacial score (nSPS) is 11.2. The van der Waals surface area contributed by atoms with Crippen LogP contribution in [0, 0.1) is 0 Å². The first-order chi connectivity index (χ1) is 8.36. The van der Waals surface area contributed by atoms with Crippen molar-refractivity contribution in [1.82, 2.24) is 9.88 Å². The molecular formula is C14H20N2S. The van der Waals surface area contributed by atoms with Crippen molar-refractivity contribution in [2.45, 2.75) is 20.0 Å². The number of nitrogens with one attached hydrogen (secondary N) is 1. The largest absolute Gasteiger partial charge is 0.342 e. The molecule has 0 aliphatic heterocycles. The van der Waals surface area contributed by atoms with Gasteiger partial charge in [0.1, 0.15) is 0 Å². The maximum Gasteiger partial charge on any atom is 0.0483 e. The number of para-hydroxylation sites is 1. The van der Waals surface area contributed by atoms with Crippen molar-refractivity contribution in [3.63, 3.8) is 0 Å². The molecule has 92 valence electrons. The summed E-state index contributed by atoms with van der Waals surface area (Å²) >= 11 is 1.90. The van der Waals surface area contributed by atoms with Gasteiger partial charge in [-0.15, -0.1) is 0 Å². The van der Waals surface area contributed by atoms with Crippen LogP contribution in [0.3, 0.4) is 0 Å². The number of fused-ring (bicyclic) bond motifs is 1. The van der Waals surface area contributed by atoms with E-state index in [1.165, 1.54) is 16.6 Å². The quantitative estimate of drug-likeness (QED) is 0.846. The highest BCUT2D eigenvalue weighted by Gasteiger charge is 2.07. The second-order valence-corrected chi connectivity index (χ2v) is 5.10. The lowest BCUT2D eigenvalue weighted by Gasteiger charge is -2.10. The molecule has 0 atom stereocenters. The van der Waals surface area contributed by atoms with Crippen molar-refractivity contribution in [3.05, 3.63) is 36.0 Å². The Hall–Kier alpha value is -0.930. The first-order valence-corrected chi connectivity index (χ1v) is 7.53. The van der Waals surface area contributed by atoms with Gasteiger partial charge < -0.3 is 9.88 Å². The Balaban J connectivity index is 2.34. The highest BCUT2D eigenvalue weighted by Crippen LogP contribution is 2.20. The molecule has 2 aromatic rings. The Morgan fingerprint density at radius 2 is 2.12 bits per heavy atom. The predicted octanol–water partition coefficient (Wildman–Crippen LogP) is 3.11. The van der Waals surface area contributed by atoms with E-state index in [0.29, 0.717) is 0 Å². The standard InChI is InChI=1S/C14H20N2S/c1-3-15-11-13-10-12-6-4-5-7-14(12)16(13)8-9-17-2/h4-7,10,15H,3,8-9,11H2,1-2H3. The summed E-state index contributed by atoms with van der Waals surface area (Å²) in [5.41, 5.74) is 2.75. The smallest absolute Gasteiger partial charge is 0.0483 e. The van der Waals surface area contributed by atoms with E-state index in [1.807, 2.05) is 11.8 Å². The molecule has 0 spiro atoms. The van der Waals surface area contributed by atoms with Gasteiger partial charge in [-0.3, -0.25) is 0 Å². The Morgan fingerprint density at radius 1 is 1.29 bits per heavy atom. The number of rotatable bonds is 6. The minimum absolute atomic E-state index is 0.958. The Bertz CT molecular complexity index is 476. The lowest BCUT2D eigenvalue weighted by molar-refractivity contribution is 0.659. The summed E-state index contributed by atoms with van der Waals surface area (Å²) < 4.78 is 2.44. The van der Waals surface area contributed by atoms with Crippen LogP contribution in [0.4, 0.5) is 0 Å². The van der Waals surface area contributed by atoms with Crippen LogP contribution in [0.1, 0.15) is 12.6 Å². The first kappa shape index (κ1) is 12.5. The molecule has 0 bridgehead atoms. The maximum absolute atomic E-state index is 3.41. The highest BCUT2D eigenvalue weighted by molar-refractivity contribution is 7.98. The van der Waals surface area contributed by atoms with E-state index in [0.717, 1.165) is 25.4 Å². The predicted molar refractivity (Wildman–Crippen MR) is 77.7 cm³/mol. The van der Waals surface area contributed by atoms with Crippen molar-refractivity contribution in [3.8, 4) is 0 Å². The minimum atomic E-state index is 0.958. The van der Waals surface area contributed by atoms with Gasteiger partial charge in [0.15, 0.2) is 0 Å². The lowest BCUT2D eigenvalue weighted by atomic mass is 10.2. The van der Waals surface area contributed by atoms with E-state index in [4.69, 9.17) is 0 Å². The van der Waals surface area contributed by atoms with Gasteiger partial charge >= 0.3 is 0 Å². The topological polar surface area (TPSA) is 17.0 Å². The molecule has 0 fully saturated rings. The molecule has 0 radical (unpaired) electrons. The third-order valence-corrected chi connectivity index (χ3v) is 3.56.